The molecular formula is C20H27N3O2. The number of para-hydroxylation sites is 1. The van der Waals surface area contributed by atoms with Gasteiger partial charge in [-0.05, 0) is 43.7 Å². The highest BCUT2D eigenvalue weighted by Crippen LogP contribution is 2.23. The summed E-state index contributed by atoms with van der Waals surface area (Å²) in [5.41, 5.74) is 1.73. The molecule has 2 aromatic rings. The molecule has 134 valence electrons. The van der Waals surface area contributed by atoms with Crippen LogP contribution in [0.1, 0.15) is 51.0 Å². The number of aromatic nitrogens is 2. The summed E-state index contributed by atoms with van der Waals surface area (Å²) in [4.78, 5) is 29.1. The van der Waals surface area contributed by atoms with Gasteiger partial charge in [0.25, 0.3) is 5.56 Å². The average molecular weight is 341 g/mol. The van der Waals surface area contributed by atoms with E-state index in [0.717, 1.165) is 17.5 Å². The predicted molar refractivity (Wildman–Crippen MR) is 99.5 cm³/mol. The molecule has 5 nitrogen and oxygen atoms in total. The van der Waals surface area contributed by atoms with Gasteiger partial charge in [-0.3, -0.25) is 14.2 Å². The van der Waals surface area contributed by atoms with Crippen molar-refractivity contribution in [1.29, 1.82) is 0 Å². The predicted octanol–water partition coefficient (Wildman–Crippen LogP) is 3.18. The zero-order valence-electron chi connectivity index (χ0n) is 15.1. The maximum atomic E-state index is 12.5. The van der Waals surface area contributed by atoms with Gasteiger partial charge in [0, 0.05) is 19.0 Å². The lowest BCUT2D eigenvalue weighted by atomic mass is 9.86. The summed E-state index contributed by atoms with van der Waals surface area (Å²) in [5.74, 6) is 0.657. The number of carbonyl (C=O) groups is 1. The molecule has 1 heterocycles. The van der Waals surface area contributed by atoms with Gasteiger partial charge in [-0.15, -0.1) is 0 Å². The summed E-state index contributed by atoms with van der Waals surface area (Å²) in [6.07, 6.45) is 7.44. The van der Waals surface area contributed by atoms with Crippen molar-refractivity contribution in [3.8, 4) is 0 Å². The van der Waals surface area contributed by atoms with Crippen molar-refractivity contribution < 1.29 is 4.79 Å². The highest BCUT2D eigenvalue weighted by Gasteiger charge is 2.22. The van der Waals surface area contributed by atoms with Crippen LogP contribution in [0.5, 0.6) is 0 Å². The van der Waals surface area contributed by atoms with E-state index in [2.05, 4.69) is 17.2 Å². The molecule has 1 fully saturated rings. The first-order valence-electron chi connectivity index (χ1n) is 9.30. The number of benzene rings is 1. The van der Waals surface area contributed by atoms with Crippen LogP contribution in [0.4, 0.5) is 0 Å². The van der Waals surface area contributed by atoms with Crippen LogP contribution >= 0.6 is 0 Å². The van der Waals surface area contributed by atoms with E-state index in [0.29, 0.717) is 36.7 Å². The van der Waals surface area contributed by atoms with Crippen LogP contribution in [0, 0.1) is 12.8 Å². The Morgan fingerprint density at radius 1 is 1.32 bits per heavy atom. The summed E-state index contributed by atoms with van der Waals surface area (Å²) < 4.78 is 1.61. The number of amides is 1. The van der Waals surface area contributed by atoms with Gasteiger partial charge in [0.15, 0.2) is 0 Å². The number of aryl methyl sites for hydroxylation is 2. The molecule has 0 bridgehead atoms. The minimum Gasteiger partial charge on any atom is -0.353 e. The third-order valence-corrected chi connectivity index (χ3v) is 5.32. The lowest BCUT2D eigenvalue weighted by molar-refractivity contribution is -0.122. The van der Waals surface area contributed by atoms with Crippen molar-refractivity contribution in [3.05, 3.63) is 40.4 Å². The SMILES string of the molecule is Cc1cccc2c(=O)n(CCCC(=O)N[C@@H]3CCCC[C@@H]3C)cnc12. The van der Waals surface area contributed by atoms with Crippen LogP contribution < -0.4 is 10.9 Å². The number of carbonyl (C=O) groups excluding carboxylic acids is 1. The Hall–Kier alpha value is -2.17. The van der Waals surface area contributed by atoms with Crippen LogP contribution in [0.25, 0.3) is 10.9 Å². The fraction of sp³-hybridized carbons (Fsp3) is 0.550. The van der Waals surface area contributed by atoms with Crippen molar-refractivity contribution in [2.45, 2.75) is 65.0 Å². The molecule has 3 rings (SSSR count). The van der Waals surface area contributed by atoms with Crippen molar-refractivity contribution in [3.63, 3.8) is 0 Å². The molecule has 0 radical (unpaired) electrons. The first kappa shape index (κ1) is 17.6. The molecule has 1 N–H and O–H groups in total. The van der Waals surface area contributed by atoms with Crippen LogP contribution in [-0.2, 0) is 11.3 Å². The summed E-state index contributed by atoms with van der Waals surface area (Å²) in [6, 6.07) is 5.96. The topological polar surface area (TPSA) is 64.0 Å². The normalized spacial score (nSPS) is 20.6. The van der Waals surface area contributed by atoms with Gasteiger partial charge in [0.2, 0.25) is 5.91 Å². The minimum atomic E-state index is -0.0324. The van der Waals surface area contributed by atoms with Gasteiger partial charge in [-0.2, -0.15) is 0 Å². The fourth-order valence-electron chi connectivity index (χ4n) is 3.72. The van der Waals surface area contributed by atoms with Gasteiger partial charge >= 0.3 is 0 Å². The summed E-state index contributed by atoms with van der Waals surface area (Å²) in [6.45, 7) is 4.69. The number of rotatable bonds is 5. The first-order chi connectivity index (χ1) is 12.1. The van der Waals surface area contributed by atoms with Crippen LogP contribution in [0.3, 0.4) is 0 Å². The molecule has 1 aromatic carbocycles. The lowest BCUT2D eigenvalue weighted by Crippen LogP contribution is -2.41. The first-order valence-corrected chi connectivity index (χ1v) is 9.30. The molecule has 2 atom stereocenters. The van der Waals surface area contributed by atoms with E-state index in [1.54, 1.807) is 10.9 Å². The Bertz CT molecular complexity index is 812. The number of hydrogen-bond donors (Lipinski definition) is 1. The van der Waals surface area contributed by atoms with Gasteiger partial charge in [0.1, 0.15) is 0 Å². The molecule has 0 spiro atoms. The van der Waals surface area contributed by atoms with E-state index in [1.165, 1.54) is 19.3 Å². The maximum Gasteiger partial charge on any atom is 0.261 e. The molecule has 1 aromatic heterocycles. The molecule has 0 aliphatic heterocycles. The van der Waals surface area contributed by atoms with E-state index in [-0.39, 0.29) is 11.5 Å². The minimum absolute atomic E-state index is 0.0324. The highest BCUT2D eigenvalue weighted by atomic mass is 16.1. The quantitative estimate of drug-likeness (QED) is 0.908. The summed E-state index contributed by atoms with van der Waals surface area (Å²) in [5, 5.41) is 3.81. The van der Waals surface area contributed by atoms with E-state index < -0.39 is 0 Å². The molecule has 0 unspecified atom stereocenters. The number of fused-ring (bicyclic) bond motifs is 1. The van der Waals surface area contributed by atoms with Crippen molar-refractivity contribution in [2.24, 2.45) is 5.92 Å². The zero-order valence-corrected chi connectivity index (χ0v) is 15.1. The second kappa shape index (κ2) is 7.81. The number of nitrogens with one attached hydrogen (secondary N) is 1. The van der Waals surface area contributed by atoms with Gasteiger partial charge in [-0.1, -0.05) is 31.9 Å². The molecule has 1 aliphatic carbocycles. The summed E-state index contributed by atoms with van der Waals surface area (Å²) in [7, 11) is 0. The van der Waals surface area contributed by atoms with Crippen molar-refractivity contribution >= 4 is 16.8 Å². The number of hydrogen-bond acceptors (Lipinski definition) is 3. The smallest absolute Gasteiger partial charge is 0.261 e. The van der Waals surface area contributed by atoms with Gasteiger partial charge < -0.3 is 5.32 Å². The lowest BCUT2D eigenvalue weighted by Gasteiger charge is -2.29. The fourth-order valence-corrected chi connectivity index (χ4v) is 3.72. The summed E-state index contributed by atoms with van der Waals surface area (Å²) >= 11 is 0. The second-order valence-corrected chi connectivity index (χ2v) is 7.25. The third kappa shape index (κ3) is 4.09. The Kier molecular flexibility index (Phi) is 5.51. The Morgan fingerprint density at radius 2 is 2.12 bits per heavy atom. The van der Waals surface area contributed by atoms with Gasteiger partial charge in [-0.25, -0.2) is 4.98 Å². The van der Waals surface area contributed by atoms with E-state index >= 15 is 0 Å². The largest absolute Gasteiger partial charge is 0.353 e. The maximum absolute atomic E-state index is 12.5. The van der Waals surface area contributed by atoms with Crippen molar-refractivity contribution in [2.75, 3.05) is 0 Å². The number of nitrogens with zero attached hydrogens (tertiary/aromatic N) is 2. The molecule has 1 saturated carbocycles. The van der Waals surface area contributed by atoms with Gasteiger partial charge in [0.05, 0.1) is 17.2 Å². The Labute approximate surface area is 148 Å². The zero-order chi connectivity index (χ0) is 17.8. The molecule has 5 heteroatoms. The molecule has 1 amide bonds. The van der Waals surface area contributed by atoms with Crippen LogP contribution in [0.2, 0.25) is 0 Å². The van der Waals surface area contributed by atoms with Crippen LogP contribution in [-0.4, -0.2) is 21.5 Å². The standard InChI is InChI=1S/C20H27N3O2/c1-14-7-3-4-10-17(14)22-18(24)11-6-12-23-13-21-19-15(2)8-5-9-16(19)20(23)25/h5,8-9,13-14,17H,3-4,6-7,10-12H2,1-2H3,(H,22,24)/t14-,17+/m0/s1. The molecule has 25 heavy (non-hydrogen) atoms. The highest BCUT2D eigenvalue weighted by molar-refractivity contribution is 5.80. The molecule has 0 saturated heterocycles. The average Bonchev–Trinajstić information content (AvgIpc) is 2.60. The van der Waals surface area contributed by atoms with Crippen LogP contribution in [0.15, 0.2) is 29.3 Å². The van der Waals surface area contributed by atoms with E-state index in [9.17, 15) is 9.59 Å². The monoisotopic (exact) mass is 341 g/mol. The Morgan fingerprint density at radius 3 is 2.92 bits per heavy atom. The molecule has 1 aliphatic rings. The van der Waals surface area contributed by atoms with Crippen molar-refractivity contribution in [1.82, 2.24) is 14.9 Å². The Balaban J connectivity index is 1.57. The third-order valence-electron chi connectivity index (χ3n) is 5.32. The van der Waals surface area contributed by atoms with E-state index in [4.69, 9.17) is 0 Å². The molecular weight excluding hydrogens is 314 g/mol. The second-order valence-electron chi connectivity index (χ2n) is 7.25. The van der Waals surface area contributed by atoms with E-state index in [1.807, 2.05) is 25.1 Å².